The SMILES string of the molecule is C#CCCC1(CCC(=O)NC2(c3noc(C(F)F)n3)CCC2)N=N1. The third-order valence-electron chi connectivity index (χ3n) is 4.45. The van der Waals surface area contributed by atoms with E-state index in [1.54, 1.807) is 0 Å². The van der Waals surface area contributed by atoms with Gasteiger partial charge in [0.05, 0.1) is 0 Å². The lowest BCUT2D eigenvalue weighted by molar-refractivity contribution is -0.124. The normalized spacial score (nSPS) is 19.6. The Morgan fingerprint density at radius 2 is 2.12 bits per heavy atom. The molecule has 1 aromatic rings. The average Bonchev–Trinajstić information content (AvgIpc) is 3.11. The van der Waals surface area contributed by atoms with Gasteiger partial charge in [0.2, 0.25) is 5.91 Å². The zero-order valence-electron chi connectivity index (χ0n) is 13.0. The Hall–Kier alpha value is -2.37. The van der Waals surface area contributed by atoms with Crippen LogP contribution in [0.1, 0.15) is 63.1 Å². The van der Waals surface area contributed by atoms with Crippen molar-refractivity contribution >= 4 is 5.91 Å². The molecule has 7 nitrogen and oxygen atoms in total. The van der Waals surface area contributed by atoms with Gasteiger partial charge in [-0.25, -0.2) is 0 Å². The van der Waals surface area contributed by atoms with Gasteiger partial charge in [-0.2, -0.15) is 24.0 Å². The number of carbonyl (C=O) groups excluding carboxylic acids is 1. The molecule has 2 heterocycles. The molecule has 1 saturated carbocycles. The second-order valence-electron chi connectivity index (χ2n) is 6.13. The van der Waals surface area contributed by atoms with Crippen molar-refractivity contribution in [2.45, 2.75) is 62.6 Å². The van der Waals surface area contributed by atoms with Crippen molar-refractivity contribution in [1.82, 2.24) is 15.5 Å². The van der Waals surface area contributed by atoms with E-state index in [4.69, 9.17) is 6.42 Å². The lowest BCUT2D eigenvalue weighted by Crippen LogP contribution is -2.51. The van der Waals surface area contributed by atoms with Crippen LogP contribution in [-0.4, -0.2) is 21.7 Å². The van der Waals surface area contributed by atoms with Crippen molar-refractivity contribution < 1.29 is 18.1 Å². The van der Waals surface area contributed by atoms with Gasteiger partial charge in [-0.1, -0.05) is 5.16 Å². The number of nitrogens with one attached hydrogen (secondary N) is 1. The van der Waals surface area contributed by atoms with Gasteiger partial charge >= 0.3 is 6.43 Å². The summed E-state index contributed by atoms with van der Waals surface area (Å²) < 4.78 is 29.7. The fraction of sp³-hybridized carbons (Fsp3) is 0.667. The minimum Gasteiger partial charge on any atom is -0.343 e. The number of hydrogen-bond donors (Lipinski definition) is 1. The molecule has 1 amide bonds. The van der Waals surface area contributed by atoms with E-state index in [9.17, 15) is 13.6 Å². The van der Waals surface area contributed by atoms with Gasteiger partial charge < -0.3 is 9.84 Å². The van der Waals surface area contributed by atoms with Crippen molar-refractivity contribution in [1.29, 1.82) is 0 Å². The predicted octanol–water partition coefficient (Wildman–Crippen LogP) is 2.86. The summed E-state index contributed by atoms with van der Waals surface area (Å²) >= 11 is 0. The number of amides is 1. The van der Waals surface area contributed by atoms with Gasteiger partial charge in [-0.15, -0.1) is 12.3 Å². The highest BCUT2D eigenvalue weighted by Gasteiger charge is 2.45. The summed E-state index contributed by atoms with van der Waals surface area (Å²) in [4.78, 5) is 16.0. The molecule has 1 aromatic heterocycles. The molecule has 0 unspecified atom stereocenters. The van der Waals surface area contributed by atoms with Crippen LogP contribution in [0.5, 0.6) is 0 Å². The van der Waals surface area contributed by atoms with E-state index in [0.717, 1.165) is 6.42 Å². The Morgan fingerprint density at radius 3 is 2.62 bits per heavy atom. The summed E-state index contributed by atoms with van der Waals surface area (Å²) in [6, 6.07) is 0. The molecule has 3 rings (SSSR count). The van der Waals surface area contributed by atoms with Crippen LogP contribution in [0.3, 0.4) is 0 Å². The maximum absolute atomic E-state index is 12.6. The van der Waals surface area contributed by atoms with E-state index >= 15 is 0 Å². The third kappa shape index (κ3) is 3.27. The second kappa shape index (κ2) is 6.26. The number of nitrogens with zero attached hydrogens (tertiary/aromatic N) is 4. The first-order valence-electron chi connectivity index (χ1n) is 7.79. The highest BCUT2D eigenvalue weighted by atomic mass is 19.3. The van der Waals surface area contributed by atoms with E-state index in [-0.39, 0.29) is 18.2 Å². The van der Waals surface area contributed by atoms with E-state index in [1.807, 2.05) is 0 Å². The highest BCUT2D eigenvalue weighted by molar-refractivity contribution is 5.77. The first-order chi connectivity index (χ1) is 11.5. The fourth-order valence-electron chi connectivity index (χ4n) is 2.76. The van der Waals surface area contributed by atoms with Crippen molar-refractivity contribution in [2.24, 2.45) is 10.2 Å². The molecule has 0 spiro atoms. The van der Waals surface area contributed by atoms with Gasteiger partial charge in [0.25, 0.3) is 5.89 Å². The molecule has 9 heteroatoms. The highest BCUT2D eigenvalue weighted by Crippen LogP contribution is 2.41. The largest absolute Gasteiger partial charge is 0.343 e. The summed E-state index contributed by atoms with van der Waals surface area (Å²) in [5, 5.41) is 14.4. The van der Waals surface area contributed by atoms with Crippen LogP contribution in [-0.2, 0) is 10.3 Å². The number of hydrogen-bond acceptors (Lipinski definition) is 6. The van der Waals surface area contributed by atoms with Crippen molar-refractivity contribution in [3.63, 3.8) is 0 Å². The number of aromatic nitrogens is 2. The third-order valence-corrected chi connectivity index (χ3v) is 4.45. The van der Waals surface area contributed by atoms with Crippen LogP contribution in [0.15, 0.2) is 14.8 Å². The van der Waals surface area contributed by atoms with Crippen LogP contribution in [0.25, 0.3) is 0 Å². The van der Waals surface area contributed by atoms with Crippen molar-refractivity contribution in [3.05, 3.63) is 11.7 Å². The van der Waals surface area contributed by atoms with Crippen molar-refractivity contribution in [3.8, 4) is 12.3 Å². The first kappa shape index (κ1) is 16.5. The summed E-state index contributed by atoms with van der Waals surface area (Å²) in [6.45, 7) is 0. The zero-order valence-corrected chi connectivity index (χ0v) is 13.0. The Balaban J connectivity index is 1.57. The molecule has 0 radical (unpaired) electrons. The average molecular weight is 337 g/mol. The molecule has 2 aliphatic rings. The fourth-order valence-corrected chi connectivity index (χ4v) is 2.76. The molecule has 0 atom stereocenters. The van der Waals surface area contributed by atoms with Crippen LogP contribution in [0.4, 0.5) is 8.78 Å². The number of carbonyl (C=O) groups is 1. The number of alkyl halides is 2. The van der Waals surface area contributed by atoms with Gasteiger partial charge in [-0.3, -0.25) is 4.79 Å². The maximum Gasteiger partial charge on any atom is 0.315 e. The molecule has 1 aliphatic heterocycles. The Morgan fingerprint density at radius 1 is 1.38 bits per heavy atom. The predicted molar refractivity (Wildman–Crippen MR) is 77.8 cm³/mol. The zero-order chi connectivity index (χ0) is 17.2. The molecule has 0 bridgehead atoms. The van der Waals surface area contributed by atoms with Crippen LogP contribution >= 0.6 is 0 Å². The molecular weight excluding hydrogens is 320 g/mol. The molecule has 24 heavy (non-hydrogen) atoms. The first-order valence-corrected chi connectivity index (χ1v) is 7.79. The van der Waals surface area contributed by atoms with E-state index < -0.39 is 23.5 Å². The summed E-state index contributed by atoms with van der Waals surface area (Å²) in [5.74, 6) is 1.70. The van der Waals surface area contributed by atoms with E-state index in [2.05, 4.69) is 36.1 Å². The van der Waals surface area contributed by atoms with Crippen LogP contribution < -0.4 is 5.32 Å². The molecule has 0 saturated heterocycles. The molecule has 128 valence electrons. The number of terminal acetylenes is 1. The van der Waals surface area contributed by atoms with Gasteiger partial charge in [-0.05, 0) is 19.3 Å². The number of rotatable bonds is 8. The smallest absolute Gasteiger partial charge is 0.315 e. The quantitative estimate of drug-likeness (QED) is 0.738. The molecular formula is C15H17F2N5O2. The molecule has 1 fully saturated rings. The van der Waals surface area contributed by atoms with Crippen LogP contribution in [0, 0.1) is 12.3 Å². The minimum absolute atomic E-state index is 0.111. The molecule has 1 N–H and O–H groups in total. The van der Waals surface area contributed by atoms with Gasteiger partial charge in [0.15, 0.2) is 11.5 Å². The summed E-state index contributed by atoms with van der Waals surface area (Å²) in [7, 11) is 0. The lowest BCUT2D eigenvalue weighted by Gasteiger charge is -2.39. The monoisotopic (exact) mass is 337 g/mol. The number of halogens is 2. The molecule has 0 aromatic carbocycles. The van der Waals surface area contributed by atoms with E-state index in [0.29, 0.717) is 32.1 Å². The van der Waals surface area contributed by atoms with Gasteiger partial charge in [0.1, 0.15) is 5.54 Å². The summed E-state index contributed by atoms with van der Waals surface area (Å²) in [6.07, 6.45) is 6.33. The summed E-state index contributed by atoms with van der Waals surface area (Å²) in [5.41, 5.74) is -1.33. The molecule has 1 aliphatic carbocycles. The second-order valence-corrected chi connectivity index (χ2v) is 6.13. The standard InChI is InChI=1S/C15H17F2N5O2/c1-2-3-8-15(21-22-15)9-5-10(23)19-14(6-4-7-14)13-18-12(11(16)17)24-20-13/h1,11H,3-9H2,(H,19,23). The Bertz CT molecular complexity index is 684. The topological polar surface area (TPSA) is 92.7 Å². The van der Waals surface area contributed by atoms with Crippen LogP contribution in [0.2, 0.25) is 0 Å². The minimum atomic E-state index is -2.83. The lowest BCUT2D eigenvalue weighted by atomic mass is 9.76. The van der Waals surface area contributed by atoms with Gasteiger partial charge in [0, 0.05) is 25.7 Å². The van der Waals surface area contributed by atoms with E-state index in [1.165, 1.54) is 0 Å². The Kier molecular flexibility index (Phi) is 4.30. The van der Waals surface area contributed by atoms with Crippen molar-refractivity contribution in [2.75, 3.05) is 0 Å². The maximum atomic E-state index is 12.6. The Labute approximate surface area is 137 Å².